The van der Waals surface area contributed by atoms with E-state index >= 15 is 0 Å². The lowest BCUT2D eigenvalue weighted by atomic mass is 10.0. The van der Waals surface area contributed by atoms with E-state index < -0.39 is 0 Å². The summed E-state index contributed by atoms with van der Waals surface area (Å²) in [7, 11) is 0. The molecule has 5 nitrogen and oxygen atoms in total. The maximum Gasteiger partial charge on any atom is 0.251 e. The molecule has 0 heterocycles. The molecule has 4 rings (SSSR count). The number of nitrogens with one attached hydrogen (secondary N) is 1. The Morgan fingerprint density at radius 3 is 2.48 bits per heavy atom. The first-order valence-electron chi connectivity index (χ1n) is 11.3. The summed E-state index contributed by atoms with van der Waals surface area (Å²) < 4.78 is 5.73. The Bertz CT molecular complexity index is 930. The highest BCUT2D eigenvalue weighted by molar-refractivity contribution is 5.94. The van der Waals surface area contributed by atoms with Crippen LogP contribution in [-0.4, -0.2) is 34.6 Å². The van der Waals surface area contributed by atoms with Gasteiger partial charge >= 0.3 is 0 Å². The molecule has 164 valence electrons. The van der Waals surface area contributed by atoms with E-state index in [0.717, 1.165) is 36.3 Å². The monoisotopic (exact) mass is 420 g/mol. The normalized spacial score (nSPS) is 15.7. The standard InChI is InChI=1S/C26H32N2O3/c1-3-5-20-14-24(31-4-2)15-21(25(20)29)17-28(23-12-13-23)16-18-6-8-19(9-7-18)26(30)27-22-10-11-22/h3,6-9,14-15,22-23,29H,1,4-5,10-13,16-17H2,2H3,(H,27,30). The van der Waals surface area contributed by atoms with Crippen LogP contribution >= 0.6 is 0 Å². The number of nitrogens with zero attached hydrogens (tertiary/aromatic N) is 1. The molecule has 0 saturated heterocycles. The number of allylic oxidation sites excluding steroid dienone is 1. The Kier molecular flexibility index (Phi) is 6.62. The number of carbonyl (C=O) groups is 1. The highest BCUT2D eigenvalue weighted by Gasteiger charge is 2.30. The zero-order chi connectivity index (χ0) is 21.8. The molecule has 31 heavy (non-hydrogen) atoms. The molecule has 0 aliphatic heterocycles. The molecule has 0 spiro atoms. The molecule has 2 aliphatic carbocycles. The number of phenols is 1. The second-order valence-electron chi connectivity index (χ2n) is 8.60. The Labute approximate surface area is 184 Å². The van der Waals surface area contributed by atoms with Crippen LogP contribution in [0.4, 0.5) is 0 Å². The smallest absolute Gasteiger partial charge is 0.251 e. The van der Waals surface area contributed by atoms with Gasteiger partial charge in [0, 0.05) is 41.9 Å². The Balaban J connectivity index is 1.48. The maximum absolute atomic E-state index is 12.2. The van der Waals surface area contributed by atoms with E-state index in [1.54, 1.807) is 6.08 Å². The fraction of sp³-hybridized carbons (Fsp3) is 0.423. The van der Waals surface area contributed by atoms with Gasteiger partial charge in [-0.25, -0.2) is 0 Å². The maximum atomic E-state index is 12.2. The van der Waals surface area contributed by atoms with Gasteiger partial charge < -0.3 is 15.2 Å². The molecule has 2 fully saturated rings. The molecule has 2 aromatic rings. The van der Waals surface area contributed by atoms with Crippen LogP contribution in [-0.2, 0) is 19.5 Å². The number of phenolic OH excluding ortho intramolecular Hbond substituents is 1. The first-order chi connectivity index (χ1) is 15.1. The highest BCUT2D eigenvalue weighted by atomic mass is 16.5. The van der Waals surface area contributed by atoms with Gasteiger partial charge in [-0.1, -0.05) is 18.2 Å². The number of hydrogen-bond acceptors (Lipinski definition) is 4. The fourth-order valence-corrected chi connectivity index (χ4v) is 3.87. The van der Waals surface area contributed by atoms with Gasteiger partial charge in [-0.05, 0) is 68.9 Å². The van der Waals surface area contributed by atoms with Crippen molar-refractivity contribution in [2.24, 2.45) is 0 Å². The lowest BCUT2D eigenvalue weighted by Crippen LogP contribution is -2.26. The average molecular weight is 421 g/mol. The molecule has 2 N–H and O–H groups in total. The number of amides is 1. The van der Waals surface area contributed by atoms with Gasteiger partial charge in [0.25, 0.3) is 5.91 Å². The van der Waals surface area contributed by atoms with Crippen LogP contribution in [0.15, 0.2) is 49.1 Å². The van der Waals surface area contributed by atoms with Crippen molar-refractivity contribution in [3.8, 4) is 11.5 Å². The topological polar surface area (TPSA) is 61.8 Å². The molecule has 5 heteroatoms. The van der Waals surface area contributed by atoms with Gasteiger partial charge in [-0.15, -0.1) is 6.58 Å². The van der Waals surface area contributed by atoms with E-state index in [9.17, 15) is 9.90 Å². The van der Waals surface area contributed by atoms with E-state index in [1.165, 1.54) is 18.4 Å². The van der Waals surface area contributed by atoms with Crippen LogP contribution < -0.4 is 10.1 Å². The Hall–Kier alpha value is -2.79. The van der Waals surface area contributed by atoms with Gasteiger partial charge in [-0.2, -0.15) is 0 Å². The number of hydrogen-bond donors (Lipinski definition) is 2. The summed E-state index contributed by atoms with van der Waals surface area (Å²) in [6.45, 7) is 7.80. The summed E-state index contributed by atoms with van der Waals surface area (Å²) in [6.07, 6.45) is 6.93. The van der Waals surface area contributed by atoms with Gasteiger partial charge in [0.15, 0.2) is 0 Å². The first-order valence-corrected chi connectivity index (χ1v) is 11.3. The number of aromatic hydroxyl groups is 1. The van der Waals surface area contributed by atoms with E-state index in [4.69, 9.17) is 4.74 Å². The Morgan fingerprint density at radius 2 is 1.87 bits per heavy atom. The third-order valence-electron chi connectivity index (χ3n) is 5.87. The number of rotatable bonds is 11. The second kappa shape index (κ2) is 9.56. The molecule has 2 saturated carbocycles. The van der Waals surface area contributed by atoms with Gasteiger partial charge in [0.2, 0.25) is 0 Å². The van der Waals surface area contributed by atoms with E-state index in [1.807, 2.05) is 43.3 Å². The van der Waals surface area contributed by atoms with Crippen molar-refractivity contribution in [1.29, 1.82) is 0 Å². The van der Waals surface area contributed by atoms with E-state index in [-0.39, 0.29) is 5.91 Å². The molecule has 0 atom stereocenters. The van der Waals surface area contributed by atoms with E-state index in [0.29, 0.717) is 43.0 Å². The quantitative estimate of drug-likeness (QED) is 0.523. The van der Waals surface area contributed by atoms with Gasteiger partial charge in [-0.3, -0.25) is 9.69 Å². The number of benzene rings is 2. The zero-order valence-corrected chi connectivity index (χ0v) is 18.3. The molecule has 0 unspecified atom stereocenters. The molecule has 2 aromatic carbocycles. The highest BCUT2D eigenvalue weighted by Crippen LogP contribution is 2.35. The van der Waals surface area contributed by atoms with Crippen molar-refractivity contribution >= 4 is 5.91 Å². The van der Waals surface area contributed by atoms with Crippen LogP contribution in [0.3, 0.4) is 0 Å². The minimum atomic E-state index is 0.0144. The summed E-state index contributed by atoms with van der Waals surface area (Å²) in [4.78, 5) is 14.6. The molecular weight excluding hydrogens is 388 g/mol. The lowest BCUT2D eigenvalue weighted by molar-refractivity contribution is 0.0951. The van der Waals surface area contributed by atoms with Crippen molar-refractivity contribution < 1.29 is 14.6 Å². The van der Waals surface area contributed by atoms with Crippen molar-refractivity contribution in [2.45, 2.75) is 64.2 Å². The first kappa shape index (κ1) is 21.4. The minimum Gasteiger partial charge on any atom is -0.507 e. The van der Waals surface area contributed by atoms with Crippen LogP contribution in [0.2, 0.25) is 0 Å². The summed E-state index contributed by atoms with van der Waals surface area (Å²) >= 11 is 0. The third-order valence-corrected chi connectivity index (χ3v) is 5.87. The second-order valence-corrected chi connectivity index (χ2v) is 8.60. The van der Waals surface area contributed by atoms with Gasteiger partial charge in [0.1, 0.15) is 11.5 Å². The van der Waals surface area contributed by atoms with Crippen molar-refractivity contribution in [3.63, 3.8) is 0 Å². The van der Waals surface area contributed by atoms with Crippen molar-refractivity contribution in [3.05, 3.63) is 71.3 Å². The SMILES string of the molecule is C=CCc1cc(OCC)cc(CN(Cc2ccc(C(=O)NC3CC3)cc2)C2CC2)c1O. The molecule has 0 bridgehead atoms. The van der Waals surface area contributed by atoms with Crippen LogP contribution in [0.1, 0.15) is 59.7 Å². The van der Waals surface area contributed by atoms with Crippen LogP contribution in [0.25, 0.3) is 0 Å². The van der Waals surface area contributed by atoms with Crippen molar-refractivity contribution in [2.75, 3.05) is 6.61 Å². The van der Waals surface area contributed by atoms with Crippen LogP contribution in [0, 0.1) is 0 Å². The summed E-state index contributed by atoms with van der Waals surface area (Å²) in [5.41, 5.74) is 3.61. The molecule has 0 radical (unpaired) electrons. The largest absolute Gasteiger partial charge is 0.507 e. The average Bonchev–Trinajstić information content (AvgIpc) is 3.66. The summed E-state index contributed by atoms with van der Waals surface area (Å²) in [5.74, 6) is 1.13. The van der Waals surface area contributed by atoms with Gasteiger partial charge in [0.05, 0.1) is 6.61 Å². The summed E-state index contributed by atoms with van der Waals surface area (Å²) in [5, 5.41) is 13.9. The predicted molar refractivity (Wildman–Crippen MR) is 122 cm³/mol. The molecular formula is C26H32N2O3. The van der Waals surface area contributed by atoms with Crippen LogP contribution in [0.5, 0.6) is 11.5 Å². The predicted octanol–water partition coefficient (Wildman–Crippen LogP) is 4.58. The Morgan fingerprint density at radius 1 is 1.16 bits per heavy atom. The third kappa shape index (κ3) is 5.67. The zero-order valence-electron chi connectivity index (χ0n) is 18.3. The minimum absolute atomic E-state index is 0.0144. The molecule has 0 aromatic heterocycles. The molecule has 2 aliphatic rings. The van der Waals surface area contributed by atoms with E-state index in [2.05, 4.69) is 16.8 Å². The van der Waals surface area contributed by atoms with Crippen molar-refractivity contribution in [1.82, 2.24) is 10.2 Å². The summed E-state index contributed by atoms with van der Waals surface area (Å²) in [6, 6.07) is 12.6. The number of ether oxygens (including phenoxy) is 1. The number of carbonyl (C=O) groups excluding carboxylic acids is 1. The molecule has 1 amide bonds. The fourth-order valence-electron chi connectivity index (χ4n) is 3.87. The lowest BCUT2D eigenvalue weighted by Gasteiger charge is -2.24.